The Bertz CT molecular complexity index is 926. The van der Waals surface area contributed by atoms with E-state index < -0.39 is 6.03 Å². The molecule has 2 aromatic carbocycles. The van der Waals surface area contributed by atoms with Crippen LogP contribution in [-0.2, 0) is 0 Å². The molecule has 0 aromatic heterocycles. The Kier molecular flexibility index (Phi) is 3.29. The number of rotatable bonds is 2. The Hall–Kier alpha value is -3.02. The lowest BCUT2D eigenvalue weighted by atomic mass is 10.1. The van der Waals surface area contributed by atoms with Gasteiger partial charge in [-0.2, -0.15) is 0 Å². The highest BCUT2D eigenvalue weighted by molar-refractivity contribution is 5.85. The third kappa shape index (κ3) is 2.32. The van der Waals surface area contributed by atoms with Crippen LogP contribution >= 0.6 is 0 Å². The van der Waals surface area contributed by atoms with E-state index in [-0.39, 0.29) is 0 Å². The lowest BCUT2D eigenvalue weighted by Gasteiger charge is -2.27. The maximum Gasteiger partial charge on any atom is 0.704 e. The van der Waals surface area contributed by atoms with Gasteiger partial charge < -0.3 is 19.3 Å². The molecular formula is C21H24N4O2+2. The zero-order valence-electron chi connectivity index (χ0n) is 16.1. The molecule has 3 aliphatic rings. The van der Waals surface area contributed by atoms with Crippen LogP contribution in [0.3, 0.4) is 0 Å². The van der Waals surface area contributed by atoms with E-state index in [1.807, 2.05) is 40.3 Å². The highest BCUT2D eigenvalue weighted by atomic mass is 16.7. The van der Waals surface area contributed by atoms with Gasteiger partial charge in [0, 0.05) is 39.6 Å². The van der Waals surface area contributed by atoms with Gasteiger partial charge in [0.2, 0.25) is 13.1 Å². The number of fused-ring (bicyclic) bond motifs is 2. The molecule has 3 heterocycles. The van der Waals surface area contributed by atoms with E-state index in [2.05, 4.69) is 55.6 Å². The first kappa shape index (κ1) is 16.2. The van der Waals surface area contributed by atoms with Crippen LogP contribution in [0.2, 0.25) is 0 Å². The van der Waals surface area contributed by atoms with Gasteiger partial charge in [-0.05, 0) is 36.4 Å². The Morgan fingerprint density at radius 2 is 1.19 bits per heavy atom. The number of hydrogen-bond acceptors (Lipinski definition) is 4. The molecule has 3 aliphatic heterocycles. The van der Waals surface area contributed by atoms with Crippen molar-refractivity contribution in [2.75, 3.05) is 51.1 Å². The summed E-state index contributed by atoms with van der Waals surface area (Å²) in [6, 6.07) is 11.6. The number of anilines is 2. The molecule has 1 saturated heterocycles. The van der Waals surface area contributed by atoms with Gasteiger partial charge in [0.15, 0.2) is 23.9 Å². The maximum absolute atomic E-state index is 6.45. The monoisotopic (exact) mass is 364 g/mol. The van der Waals surface area contributed by atoms with Crippen molar-refractivity contribution < 1.29 is 18.6 Å². The van der Waals surface area contributed by atoms with Gasteiger partial charge in [-0.25, -0.2) is 0 Å². The molecule has 27 heavy (non-hydrogen) atoms. The van der Waals surface area contributed by atoms with E-state index in [0.29, 0.717) is 0 Å². The first-order chi connectivity index (χ1) is 13.0. The average molecular weight is 364 g/mol. The van der Waals surface area contributed by atoms with Gasteiger partial charge >= 0.3 is 6.03 Å². The average Bonchev–Trinajstić information content (AvgIpc) is 3.00. The molecule has 0 unspecified atom stereocenters. The first-order valence-corrected chi connectivity index (χ1v) is 9.20. The summed E-state index contributed by atoms with van der Waals surface area (Å²) in [7, 11) is 8.18. The molecule has 5 rings (SSSR count). The molecule has 0 amide bonds. The Balaban J connectivity index is 1.59. The zero-order chi connectivity index (χ0) is 18.8. The van der Waals surface area contributed by atoms with E-state index in [0.717, 1.165) is 47.1 Å². The molecule has 0 aliphatic carbocycles. The summed E-state index contributed by atoms with van der Waals surface area (Å²) in [4.78, 5) is 4.19. The summed E-state index contributed by atoms with van der Waals surface area (Å²) in [5.74, 6) is 1.68. The largest absolute Gasteiger partial charge is 0.704 e. The van der Waals surface area contributed by atoms with Crippen LogP contribution in [0, 0.1) is 0 Å². The molecule has 0 bridgehead atoms. The minimum absolute atomic E-state index is 0.838. The van der Waals surface area contributed by atoms with Crippen molar-refractivity contribution in [3.8, 4) is 11.5 Å². The zero-order valence-corrected chi connectivity index (χ0v) is 16.1. The van der Waals surface area contributed by atoms with Crippen molar-refractivity contribution in [2.45, 2.75) is 6.03 Å². The van der Waals surface area contributed by atoms with Crippen LogP contribution in [0.5, 0.6) is 11.5 Å². The van der Waals surface area contributed by atoms with Crippen molar-refractivity contribution in [1.29, 1.82) is 0 Å². The molecule has 0 atom stereocenters. The predicted molar refractivity (Wildman–Crippen MR) is 106 cm³/mol. The van der Waals surface area contributed by atoms with E-state index in [9.17, 15) is 0 Å². The van der Waals surface area contributed by atoms with Gasteiger partial charge in [0.1, 0.15) is 0 Å². The second-order valence-electron chi connectivity index (χ2n) is 7.63. The summed E-state index contributed by atoms with van der Waals surface area (Å²) < 4.78 is 17.2. The lowest BCUT2D eigenvalue weighted by Crippen LogP contribution is -2.59. The molecule has 1 spiro atoms. The number of hydrogen-bond donors (Lipinski definition) is 0. The smallest absolute Gasteiger partial charge is 0.378 e. The maximum atomic E-state index is 6.45. The van der Waals surface area contributed by atoms with Crippen molar-refractivity contribution in [2.24, 2.45) is 0 Å². The highest BCUT2D eigenvalue weighted by Crippen LogP contribution is 2.38. The topological polar surface area (TPSA) is 31.0 Å². The van der Waals surface area contributed by atoms with Crippen molar-refractivity contribution in [3.63, 3.8) is 0 Å². The van der Waals surface area contributed by atoms with Gasteiger partial charge in [-0.1, -0.05) is 9.15 Å². The minimum atomic E-state index is -0.931. The summed E-state index contributed by atoms with van der Waals surface area (Å²) in [6.07, 6.45) is 4.30. The predicted octanol–water partition coefficient (Wildman–Crippen LogP) is 1.79. The minimum Gasteiger partial charge on any atom is -0.378 e. The molecule has 6 heteroatoms. The van der Waals surface area contributed by atoms with Gasteiger partial charge in [-0.3, -0.25) is 0 Å². The fraction of sp³-hybridized carbons (Fsp3) is 0.333. The van der Waals surface area contributed by atoms with Crippen LogP contribution < -0.4 is 19.3 Å². The molecule has 6 nitrogen and oxygen atoms in total. The van der Waals surface area contributed by atoms with E-state index in [4.69, 9.17) is 9.47 Å². The van der Waals surface area contributed by atoms with Crippen LogP contribution in [0.4, 0.5) is 11.4 Å². The summed E-state index contributed by atoms with van der Waals surface area (Å²) in [5, 5.41) is 0. The molecule has 138 valence electrons. The number of nitrogens with zero attached hydrogens (tertiary/aromatic N) is 4. The molecule has 0 radical (unpaired) electrons. The quantitative estimate of drug-likeness (QED) is 0.761. The molecule has 2 aromatic rings. The molecule has 0 N–H and O–H groups in total. The SMILES string of the molecule is CN(C)c1ccc2c(c1)C=[N+]1CC[N+]3=Cc4cc(N(C)C)ccc4OC13O2. The lowest BCUT2D eigenvalue weighted by molar-refractivity contribution is -0.855. The molecule has 0 saturated carbocycles. The fourth-order valence-corrected chi connectivity index (χ4v) is 3.85. The third-order valence-electron chi connectivity index (χ3n) is 5.40. The Morgan fingerprint density at radius 1 is 0.741 bits per heavy atom. The van der Waals surface area contributed by atoms with Crippen LogP contribution in [-0.4, -0.2) is 68.9 Å². The third-order valence-corrected chi connectivity index (χ3v) is 5.40. The van der Waals surface area contributed by atoms with Gasteiger partial charge in [0.05, 0.1) is 11.1 Å². The van der Waals surface area contributed by atoms with E-state index in [1.54, 1.807) is 0 Å². The second kappa shape index (κ2) is 5.49. The van der Waals surface area contributed by atoms with E-state index in [1.165, 1.54) is 0 Å². The van der Waals surface area contributed by atoms with Crippen molar-refractivity contribution in [3.05, 3.63) is 47.5 Å². The Labute approximate surface area is 159 Å². The van der Waals surface area contributed by atoms with Crippen LogP contribution in [0.1, 0.15) is 11.1 Å². The first-order valence-electron chi connectivity index (χ1n) is 9.20. The standard InChI is InChI=1S/C21H24N4O2/c1-22(2)17-5-7-19-15(11-17)13-24-9-10-25-14-16-12-18(23(3)4)6-8-20(16)27-21(24,25)26-19/h5-8,11-14H,9-10H2,1-4H3/q+2. The number of ether oxygens (including phenoxy) is 2. The van der Waals surface area contributed by atoms with Gasteiger partial charge in [-0.15, -0.1) is 0 Å². The normalized spacial score (nSPS) is 17.9. The number of benzene rings is 2. The van der Waals surface area contributed by atoms with Crippen LogP contribution in [0.25, 0.3) is 0 Å². The van der Waals surface area contributed by atoms with E-state index >= 15 is 0 Å². The summed E-state index contributed by atoms with van der Waals surface area (Å²) >= 11 is 0. The van der Waals surface area contributed by atoms with Gasteiger partial charge in [0.25, 0.3) is 0 Å². The fourth-order valence-electron chi connectivity index (χ4n) is 3.85. The summed E-state index contributed by atoms with van der Waals surface area (Å²) in [5.41, 5.74) is 4.45. The van der Waals surface area contributed by atoms with Crippen molar-refractivity contribution >= 4 is 23.8 Å². The highest BCUT2D eigenvalue weighted by Gasteiger charge is 2.68. The molecular weight excluding hydrogens is 340 g/mol. The second-order valence-corrected chi connectivity index (χ2v) is 7.63. The Morgan fingerprint density at radius 3 is 1.59 bits per heavy atom. The summed E-state index contributed by atoms with van der Waals surface area (Å²) in [6.45, 7) is 1.69. The van der Waals surface area contributed by atoms with Crippen LogP contribution in [0.15, 0.2) is 36.4 Å². The molecule has 1 fully saturated rings. The van der Waals surface area contributed by atoms with Crippen molar-refractivity contribution in [1.82, 2.24) is 0 Å².